The highest BCUT2D eigenvalue weighted by Gasteiger charge is 2.20. The SMILES string of the molecule is O=S(=O)([NH+]=C(Nc1ccc(F)c(Cl)c1)c1ccccc1)c1ccccc1. The molecule has 0 bridgehead atoms. The maximum atomic E-state index is 13.4. The molecule has 0 radical (unpaired) electrons. The van der Waals surface area contributed by atoms with Crippen molar-refractivity contribution in [2.24, 2.45) is 0 Å². The number of hydrogen-bond acceptors (Lipinski definition) is 2. The normalized spacial score (nSPS) is 12.0. The number of amidine groups is 1. The van der Waals surface area contributed by atoms with Gasteiger partial charge >= 0.3 is 10.0 Å². The first-order valence-electron chi connectivity index (χ1n) is 7.68. The third-order valence-corrected chi connectivity index (χ3v) is 5.20. The van der Waals surface area contributed by atoms with E-state index in [9.17, 15) is 12.8 Å². The monoisotopic (exact) mass is 389 g/mol. The van der Waals surface area contributed by atoms with Gasteiger partial charge in [-0.3, -0.25) is 0 Å². The van der Waals surface area contributed by atoms with Crippen LogP contribution in [0.15, 0.2) is 83.8 Å². The van der Waals surface area contributed by atoms with E-state index in [1.807, 2.05) is 6.07 Å². The fourth-order valence-corrected chi connectivity index (χ4v) is 3.52. The molecule has 0 aliphatic carbocycles. The molecule has 3 aromatic rings. The third kappa shape index (κ3) is 4.28. The molecule has 0 fully saturated rings. The fourth-order valence-electron chi connectivity index (χ4n) is 2.27. The summed E-state index contributed by atoms with van der Waals surface area (Å²) < 4.78 is 41.3. The Morgan fingerprint density at radius 3 is 2.15 bits per heavy atom. The molecule has 0 aliphatic rings. The summed E-state index contributed by atoms with van der Waals surface area (Å²) >= 11 is 5.81. The van der Waals surface area contributed by atoms with Crippen molar-refractivity contribution in [1.82, 2.24) is 0 Å². The molecular weight excluding hydrogens is 375 g/mol. The maximum absolute atomic E-state index is 13.4. The van der Waals surface area contributed by atoms with Gasteiger partial charge in [0.25, 0.3) is 5.84 Å². The first-order chi connectivity index (χ1) is 12.5. The van der Waals surface area contributed by atoms with Crippen LogP contribution in [-0.2, 0) is 10.0 Å². The summed E-state index contributed by atoms with van der Waals surface area (Å²) in [6, 6.07) is 21.0. The van der Waals surface area contributed by atoms with Crippen LogP contribution in [0.5, 0.6) is 0 Å². The molecule has 0 saturated carbocycles. The van der Waals surface area contributed by atoms with Crippen molar-refractivity contribution in [3.05, 3.63) is 95.3 Å². The molecular formula is C19H15ClFN2O2S+. The van der Waals surface area contributed by atoms with E-state index in [0.717, 1.165) is 0 Å². The minimum absolute atomic E-state index is 0.0617. The zero-order valence-electron chi connectivity index (χ0n) is 13.5. The lowest BCUT2D eigenvalue weighted by Crippen LogP contribution is -2.78. The molecule has 26 heavy (non-hydrogen) atoms. The summed E-state index contributed by atoms with van der Waals surface area (Å²) in [5, 5.41) is 2.90. The average Bonchev–Trinajstić information content (AvgIpc) is 2.65. The van der Waals surface area contributed by atoms with Crippen LogP contribution in [0.3, 0.4) is 0 Å². The molecule has 0 unspecified atom stereocenters. The van der Waals surface area contributed by atoms with Crippen LogP contribution in [0.4, 0.5) is 10.1 Å². The predicted molar refractivity (Wildman–Crippen MR) is 100 cm³/mol. The van der Waals surface area contributed by atoms with Gasteiger partial charge in [-0.25, -0.2) is 9.71 Å². The largest absolute Gasteiger partial charge is 0.328 e. The number of nitrogens with one attached hydrogen (secondary N) is 2. The molecule has 7 heteroatoms. The molecule has 3 aromatic carbocycles. The minimum Gasteiger partial charge on any atom is -0.240 e. The van der Waals surface area contributed by atoms with Gasteiger partial charge in [-0.2, -0.15) is 12.8 Å². The Bertz CT molecular complexity index is 1040. The van der Waals surface area contributed by atoms with E-state index in [0.29, 0.717) is 11.3 Å². The van der Waals surface area contributed by atoms with Gasteiger partial charge in [-0.1, -0.05) is 48.0 Å². The molecule has 3 rings (SSSR count). The van der Waals surface area contributed by atoms with Crippen LogP contribution in [0.1, 0.15) is 5.56 Å². The second kappa shape index (κ2) is 7.68. The maximum Gasteiger partial charge on any atom is 0.328 e. The summed E-state index contributed by atoms with van der Waals surface area (Å²) in [7, 11) is -3.80. The number of sulfonamides is 1. The quantitative estimate of drug-likeness (QED) is 0.533. The number of halogens is 2. The third-order valence-electron chi connectivity index (χ3n) is 3.54. The average molecular weight is 390 g/mol. The van der Waals surface area contributed by atoms with Crippen LogP contribution < -0.4 is 9.71 Å². The fraction of sp³-hybridized carbons (Fsp3) is 0. The lowest BCUT2D eigenvalue weighted by atomic mass is 10.2. The van der Waals surface area contributed by atoms with Crippen LogP contribution in [0.25, 0.3) is 0 Å². The van der Waals surface area contributed by atoms with E-state index >= 15 is 0 Å². The summed E-state index contributed by atoms with van der Waals surface area (Å²) in [6.07, 6.45) is 0. The van der Waals surface area contributed by atoms with Gasteiger partial charge < -0.3 is 0 Å². The lowest BCUT2D eigenvalue weighted by Gasteiger charge is -2.05. The molecule has 0 spiro atoms. The second-order valence-electron chi connectivity index (χ2n) is 5.41. The zero-order chi connectivity index (χ0) is 18.6. The highest BCUT2D eigenvalue weighted by molar-refractivity contribution is 7.84. The first kappa shape index (κ1) is 18.1. The summed E-state index contributed by atoms with van der Waals surface area (Å²) in [6.45, 7) is 0. The van der Waals surface area contributed by atoms with Crippen molar-refractivity contribution in [2.75, 3.05) is 5.32 Å². The minimum atomic E-state index is -3.80. The number of rotatable bonds is 4. The van der Waals surface area contributed by atoms with Crippen LogP contribution in [0.2, 0.25) is 5.02 Å². The molecule has 0 amide bonds. The summed E-state index contributed by atoms with van der Waals surface area (Å²) in [4.78, 5) is 0.132. The van der Waals surface area contributed by atoms with E-state index < -0.39 is 15.8 Å². The predicted octanol–water partition coefficient (Wildman–Crippen LogP) is 2.81. The number of hydrogen-bond donors (Lipinski definition) is 2. The molecule has 0 aliphatic heterocycles. The topological polar surface area (TPSA) is 60.1 Å². The van der Waals surface area contributed by atoms with Crippen molar-refractivity contribution < 1.29 is 17.2 Å². The highest BCUT2D eigenvalue weighted by atomic mass is 35.5. The number of anilines is 1. The van der Waals surface area contributed by atoms with E-state index in [-0.39, 0.29) is 15.8 Å². The van der Waals surface area contributed by atoms with Crippen molar-refractivity contribution in [1.29, 1.82) is 0 Å². The Kier molecular flexibility index (Phi) is 5.35. The Hall–Kier alpha value is -2.70. The van der Waals surface area contributed by atoms with E-state index in [4.69, 9.17) is 11.6 Å². The molecule has 132 valence electrons. The van der Waals surface area contributed by atoms with E-state index in [2.05, 4.69) is 9.71 Å². The van der Waals surface area contributed by atoms with Gasteiger partial charge in [0.15, 0.2) is 0 Å². The smallest absolute Gasteiger partial charge is 0.240 e. The molecule has 2 N–H and O–H groups in total. The Balaban J connectivity index is 2.05. The van der Waals surface area contributed by atoms with Gasteiger partial charge in [0.2, 0.25) is 0 Å². The number of benzene rings is 3. The van der Waals surface area contributed by atoms with Crippen molar-refractivity contribution in [2.45, 2.75) is 4.90 Å². The van der Waals surface area contributed by atoms with E-state index in [1.165, 1.54) is 30.3 Å². The molecule has 4 nitrogen and oxygen atoms in total. The Labute approximate surface area is 156 Å². The molecule has 0 atom stereocenters. The van der Waals surface area contributed by atoms with Crippen molar-refractivity contribution >= 4 is 33.1 Å². The Morgan fingerprint density at radius 1 is 0.923 bits per heavy atom. The summed E-state index contributed by atoms with van der Waals surface area (Å²) in [5.41, 5.74) is 1.07. The standard InChI is InChI=1S/C19H14ClFN2O2S/c20-17-13-15(11-12-18(17)21)22-19(14-7-3-1-4-8-14)23-26(24,25)16-9-5-2-6-10-16/h1-13H,(H,22,23)/p+1. The van der Waals surface area contributed by atoms with Gasteiger partial charge in [0, 0.05) is 6.07 Å². The van der Waals surface area contributed by atoms with E-state index in [1.54, 1.807) is 42.5 Å². The van der Waals surface area contributed by atoms with Gasteiger partial charge in [-0.05, 0) is 36.4 Å². The second-order valence-corrected chi connectivity index (χ2v) is 7.50. The van der Waals surface area contributed by atoms with Crippen molar-refractivity contribution in [3.63, 3.8) is 0 Å². The van der Waals surface area contributed by atoms with Gasteiger partial charge in [0.1, 0.15) is 16.4 Å². The van der Waals surface area contributed by atoms with Crippen molar-refractivity contribution in [3.8, 4) is 0 Å². The summed E-state index contributed by atoms with van der Waals surface area (Å²) in [5.74, 6) is -0.319. The van der Waals surface area contributed by atoms with Crippen LogP contribution >= 0.6 is 11.6 Å². The van der Waals surface area contributed by atoms with Gasteiger partial charge in [-0.15, -0.1) is 0 Å². The van der Waals surface area contributed by atoms with Crippen LogP contribution in [-0.4, -0.2) is 14.3 Å². The molecule has 0 aromatic heterocycles. The van der Waals surface area contributed by atoms with Gasteiger partial charge in [0.05, 0.1) is 10.6 Å². The Morgan fingerprint density at radius 2 is 1.54 bits per heavy atom. The highest BCUT2D eigenvalue weighted by Crippen LogP contribution is 2.19. The first-order valence-corrected chi connectivity index (χ1v) is 9.54. The molecule has 0 heterocycles. The molecule has 0 saturated heterocycles. The lowest BCUT2D eigenvalue weighted by molar-refractivity contribution is -0.266. The van der Waals surface area contributed by atoms with Crippen LogP contribution in [0, 0.1) is 5.82 Å². The zero-order valence-corrected chi connectivity index (χ0v) is 15.1.